The van der Waals surface area contributed by atoms with E-state index >= 15 is 0 Å². The summed E-state index contributed by atoms with van der Waals surface area (Å²) in [6.07, 6.45) is 1.94. The van der Waals surface area contributed by atoms with Gasteiger partial charge in [-0.1, -0.05) is 23.7 Å². The summed E-state index contributed by atoms with van der Waals surface area (Å²) < 4.78 is 1.37. The average Bonchev–Trinajstić information content (AvgIpc) is 2.41. The van der Waals surface area contributed by atoms with Crippen LogP contribution in [0.2, 0.25) is 5.02 Å². The second kappa shape index (κ2) is 6.27. The molecule has 0 radical (unpaired) electrons. The number of thioether (sulfide) groups is 1. The van der Waals surface area contributed by atoms with Crippen LogP contribution in [-0.4, -0.2) is 11.2 Å². The fourth-order valence-electron chi connectivity index (χ4n) is 1.64. The normalized spacial score (nSPS) is 10.3. The van der Waals surface area contributed by atoms with Gasteiger partial charge in [-0.05, 0) is 55.8 Å². The molecule has 0 amide bonds. The molecular weight excluding hydrogens is 411 g/mol. The molecule has 0 aliphatic rings. The number of rotatable bonds is 2. The molecule has 6 heteroatoms. The van der Waals surface area contributed by atoms with Crippen molar-refractivity contribution < 1.29 is 0 Å². The Morgan fingerprint density at radius 1 is 1.26 bits per heavy atom. The fraction of sp³-hybridized carbons (Fsp3) is 0.0769. The quantitative estimate of drug-likeness (QED) is 0.476. The Balaban J connectivity index is 2.77. The molecule has 0 spiro atoms. The van der Waals surface area contributed by atoms with Gasteiger partial charge in [-0.25, -0.2) is 4.98 Å². The van der Waals surface area contributed by atoms with E-state index < -0.39 is 0 Å². The molecule has 19 heavy (non-hydrogen) atoms. The Labute approximate surface area is 137 Å². The maximum absolute atomic E-state index is 9.33. The van der Waals surface area contributed by atoms with Crippen molar-refractivity contribution in [2.75, 3.05) is 6.26 Å². The van der Waals surface area contributed by atoms with E-state index in [1.165, 1.54) is 11.8 Å². The molecule has 0 saturated heterocycles. The third-order valence-corrected chi connectivity index (χ3v) is 5.04. The van der Waals surface area contributed by atoms with Crippen molar-refractivity contribution in [1.29, 1.82) is 5.26 Å². The molecule has 0 bridgehead atoms. The van der Waals surface area contributed by atoms with Gasteiger partial charge >= 0.3 is 0 Å². The number of nitriles is 1. The predicted octanol–water partition coefficient (Wildman–Crippen LogP) is 5.52. The highest BCUT2D eigenvalue weighted by atomic mass is 79.9. The second-order valence-electron chi connectivity index (χ2n) is 3.59. The second-order valence-corrected chi connectivity index (χ2v) is 6.37. The largest absolute Gasteiger partial charge is 0.232 e. The zero-order chi connectivity index (χ0) is 14.0. The van der Waals surface area contributed by atoms with Gasteiger partial charge in [0.15, 0.2) is 0 Å². The van der Waals surface area contributed by atoms with Crippen molar-refractivity contribution in [2.24, 2.45) is 0 Å². The first kappa shape index (κ1) is 14.9. The fourth-order valence-corrected chi connectivity index (χ4v) is 3.81. The average molecular weight is 419 g/mol. The van der Waals surface area contributed by atoms with Crippen LogP contribution >= 0.6 is 55.2 Å². The highest BCUT2D eigenvalue weighted by Crippen LogP contribution is 2.39. The zero-order valence-electron chi connectivity index (χ0n) is 9.75. The Hall–Kier alpha value is -0.540. The first-order valence-electron chi connectivity index (χ1n) is 5.17. The molecule has 0 N–H and O–H groups in total. The summed E-state index contributed by atoms with van der Waals surface area (Å²) in [6, 6.07) is 9.57. The molecule has 0 atom stereocenters. The van der Waals surface area contributed by atoms with Crippen LogP contribution in [0.3, 0.4) is 0 Å². The van der Waals surface area contributed by atoms with Crippen LogP contribution in [-0.2, 0) is 0 Å². The number of hydrogen-bond acceptors (Lipinski definition) is 3. The zero-order valence-corrected chi connectivity index (χ0v) is 14.5. The third-order valence-electron chi connectivity index (χ3n) is 2.50. The van der Waals surface area contributed by atoms with Crippen molar-refractivity contribution in [3.63, 3.8) is 0 Å². The molecule has 0 aliphatic carbocycles. The van der Waals surface area contributed by atoms with E-state index in [2.05, 4.69) is 42.9 Å². The lowest BCUT2D eigenvalue weighted by molar-refractivity contribution is 1.07. The van der Waals surface area contributed by atoms with E-state index in [1.54, 1.807) is 12.1 Å². The van der Waals surface area contributed by atoms with Crippen LogP contribution in [0.1, 0.15) is 5.56 Å². The van der Waals surface area contributed by atoms with Gasteiger partial charge in [0, 0.05) is 10.6 Å². The summed E-state index contributed by atoms with van der Waals surface area (Å²) in [5.41, 5.74) is 2.25. The molecule has 2 aromatic rings. The van der Waals surface area contributed by atoms with Gasteiger partial charge in [0.2, 0.25) is 0 Å². The van der Waals surface area contributed by atoms with Gasteiger partial charge in [-0.15, -0.1) is 11.8 Å². The maximum atomic E-state index is 9.33. The third kappa shape index (κ3) is 2.97. The van der Waals surface area contributed by atoms with Crippen LogP contribution in [0.15, 0.2) is 38.4 Å². The number of aromatic nitrogens is 1. The van der Waals surface area contributed by atoms with Crippen molar-refractivity contribution in [2.45, 2.75) is 5.03 Å². The number of hydrogen-bond donors (Lipinski definition) is 0. The van der Waals surface area contributed by atoms with Gasteiger partial charge in [0.1, 0.15) is 15.7 Å². The topological polar surface area (TPSA) is 36.7 Å². The lowest BCUT2D eigenvalue weighted by Gasteiger charge is -2.11. The molecule has 1 aromatic carbocycles. The van der Waals surface area contributed by atoms with E-state index in [1.807, 2.05) is 18.4 Å². The summed E-state index contributed by atoms with van der Waals surface area (Å²) in [5, 5.41) is 10.8. The standard InChI is InChI=1S/C13H7Br2ClN2S/c1-19-13-11(14)10(9(6-17)12(15)18-13)7-2-4-8(16)5-3-7/h2-5H,1H3. The Morgan fingerprint density at radius 2 is 1.89 bits per heavy atom. The van der Waals surface area contributed by atoms with Crippen LogP contribution in [0.25, 0.3) is 11.1 Å². The lowest BCUT2D eigenvalue weighted by Crippen LogP contribution is -1.94. The number of pyridine rings is 1. The minimum absolute atomic E-state index is 0.506. The molecule has 2 rings (SSSR count). The summed E-state index contributed by atoms with van der Waals surface area (Å²) in [4.78, 5) is 4.35. The molecule has 0 aliphatic heterocycles. The van der Waals surface area contributed by atoms with E-state index in [4.69, 9.17) is 11.6 Å². The van der Waals surface area contributed by atoms with E-state index in [-0.39, 0.29) is 0 Å². The number of halogens is 3. The van der Waals surface area contributed by atoms with E-state index in [0.717, 1.165) is 20.6 Å². The Morgan fingerprint density at radius 3 is 2.42 bits per heavy atom. The Kier molecular flexibility index (Phi) is 4.91. The van der Waals surface area contributed by atoms with Gasteiger partial charge in [0.25, 0.3) is 0 Å². The summed E-state index contributed by atoms with van der Waals surface area (Å²) in [5.74, 6) is 0. The van der Waals surface area contributed by atoms with Crippen LogP contribution in [0, 0.1) is 11.3 Å². The smallest absolute Gasteiger partial charge is 0.125 e. The molecule has 1 aromatic heterocycles. The molecular formula is C13H7Br2ClN2S. The summed E-state index contributed by atoms with van der Waals surface area (Å²) in [6.45, 7) is 0. The van der Waals surface area contributed by atoms with Gasteiger partial charge in [-0.2, -0.15) is 5.26 Å². The molecule has 1 heterocycles. The van der Waals surface area contributed by atoms with E-state index in [0.29, 0.717) is 15.2 Å². The van der Waals surface area contributed by atoms with Gasteiger partial charge in [-0.3, -0.25) is 0 Å². The molecule has 2 nitrogen and oxygen atoms in total. The molecule has 0 saturated carbocycles. The summed E-state index contributed by atoms with van der Waals surface area (Å²) in [7, 11) is 0. The monoisotopic (exact) mass is 416 g/mol. The summed E-state index contributed by atoms with van der Waals surface area (Å²) >= 11 is 14.3. The van der Waals surface area contributed by atoms with Crippen molar-refractivity contribution >= 4 is 55.2 Å². The van der Waals surface area contributed by atoms with Gasteiger partial charge < -0.3 is 0 Å². The minimum atomic E-state index is 0.506. The highest BCUT2D eigenvalue weighted by molar-refractivity contribution is 9.11. The molecule has 0 fully saturated rings. The van der Waals surface area contributed by atoms with E-state index in [9.17, 15) is 5.26 Å². The number of benzene rings is 1. The SMILES string of the molecule is CSc1nc(Br)c(C#N)c(-c2ccc(Cl)cc2)c1Br. The van der Waals surface area contributed by atoms with Crippen LogP contribution < -0.4 is 0 Å². The van der Waals surface area contributed by atoms with Crippen molar-refractivity contribution in [3.05, 3.63) is 43.9 Å². The highest BCUT2D eigenvalue weighted by Gasteiger charge is 2.18. The lowest BCUT2D eigenvalue weighted by atomic mass is 10.0. The molecule has 0 unspecified atom stereocenters. The van der Waals surface area contributed by atoms with Crippen molar-refractivity contribution in [1.82, 2.24) is 4.98 Å². The first-order chi connectivity index (χ1) is 9.08. The predicted molar refractivity (Wildman–Crippen MR) is 86.6 cm³/mol. The van der Waals surface area contributed by atoms with Crippen LogP contribution in [0.4, 0.5) is 0 Å². The minimum Gasteiger partial charge on any atom is -0.232 e. The van der Waals surface area contributed by atoms with Gasteiger partial charge in [0.05, 0.1) is 10.0 Å². The first-order valence-corrected chi connectivity index (χ1v) is 8.36. The molecule has 96 valence electrons. The number of nitrogens with zero attached hydrogens (tertiary/aromatic N) is 2. The van der Waals surface area contributed by atoms with Crippen molar-refractivity contribution in [3.8, 4) is 17.2 Å². The van der Waals surface area contributed by atoms with Crippen LogP contribution in [0.5, 0.6) is 0 Å². The maximum Gasteiger partial charge on any atom is 0.125 e. The Bertz CT molecular complexity index is 665.